The number of piperidine rings is 1. The van der Waals surface area contributed by atoms with Gasteiger partial charge in [-0.05, 0) is 56.9 Å². The Kier molecular flexibility index (Phi) is 9.09. The minimum Gasteiger partial charge on any atom is -0.508 e. The van der Waals surface area contributed by atoms with Crippen molar-refractivity contribution in [2.24, 2.45) is 11.8 Å². The first-order chi connectivity index (χ1) is 20.9. The van der Waals surface area contributed by atoms with Crippen LogP contribution in [0.4, 0.5) is 0 Å². The van der Waals surface area contributed by atoms with Gasteiger partial charge >= 0.3 is 5.97 Å². The second-order valence-corrected chi connectivity index (χ2v) is 14.0. The van der Waals surface area contributed by atoms with E-state index in [9.17, 15) is 14.7 Å². The Balaban J connectivity index is 1.30. The highest BCUT2D eigenvalue weighted by atomic mass is 16.6. The number of likely N-dealkylation sites (tertiary alicyclic amines) is 1. The summed E-state index contributed by atoms with van der Waals surface area (Å²) in [5, 5.41) is 11.3. The number of phenolic OH excluding ortho intramolecular Hbond substituents is 1. The van der Waals surface area contributed by atoms with E-state index in [0.29, 0.717) is 23.8 Å². The summed E-state index contributed by atoms with van der Waals surface area (Å²) in [6.07, 6.45) is 18.1. The van der Waals surface area contributed by atoms with Crippen LogP contribution >= 0.6 is 0 Å². The number of hydrogen-bond acceptors (Lipinski definition) is 6. The van der Waals surface area contributed by atoms with Gasteiger partial charge in [-0.2, -0.15) is 0 Å². The smallest absolute Gasteiger partial charge is 0.308 e. The number of unbranched alkanes of at least 4 members (excludes halogenated alkanes) is 2. The number of nitrogens with zero attached hydrogens (tertiary/aromatic N) is 2. The van der Waals surface area contributed by atoms with E-state index >= 15 is 0 Å². The summed E-state index contributed by atoms with van der Waals surface area (Å²) < 4.78 is 12.6. The predicted molar refractivity (Wildman–Crippen MR) is 168 cm³/mol. The molecule has 236 valence electrons. The summed E-state index contributed by atoms with van der Waals surface area (Å²) >= 11 is 0. The van der Waals surface area contributed by atoms with Crippen molar-refractivity contribution in [3.63, 3.8) is 0 Å². The molecule has 0 aromatic heterocycles. The number of carbonyl (C=O) groups excluding carboxylic acids is 2. The first-order valence-electron chi connectivity index (χ1n) is 17.3. The van der Waals surface area contributed by atoms with Gasteiger partial charge in [0.1, 0.15) is 11.9 Å². The Morgan fingerprint density at radius 2 is 2.00 bits per heavy atom. The monoisotopic (exact) mass is 592 g/mol. The molecule has 1 amide bonds. The molecule has 2 heterocycles. The fraction of sp³-hybridized carbons (Fsp3) is 0.722. The molecule has 0 unspecified atom stereocenters. The molecule has 7 nitrogen and oxygen atoms in total. The van der Waals surface area contributed by atoms with Gasteiger partial charge < -0.3 is 19.5 Å². The second-order valence-electron chi connectivity index (χ2n) is 14.0. The number of hydrogen-bond donors (Lipinski definition) is 1. The molecule has 1 spiro atoms. The third-order valence-corrected chi connectivity index (χ3v) is 11.6. The molecule has 2 saturated carbocycles. The molecule has 3 fully saturated rings. The molecule has 0 radical (unpaired) electrons. The van der Waals surface area contributed by atoms with Crippen LogP contribution in [0.3, 0.4) is 0 Å². The number of amides is 1. The van der Waals surface area contributed by atoms with E-state index in [1.807, 2.05) is 6.08 Å². The minimum atomic E-state index is -0.429. The van der Waals surface area contributed by atoms with Gasteiger partial charge in [0.15, 0.2) is 11.5 Å². The van der Waals surface area contributed by atoms with Crippen molar-refractivity contribution in [3.05, 3.63) is 29.8 Å². The molecule has 7 heteroatoms. The van der Waals surface area contributed by atoms with Crippen molar-refractivity contribution >= 4 is 11.9 Å². The highest BCUT2D eigenvalue weighted by Gasteiger charge is 2.67. The van der Waals surface area contributed by atoms with E-state index in [1.165, 1.54) is 45.4 Å². The Labute approximate surface area is 258 Å². The Bertz CT molecular complexity index is 1210. The maximum atomic E-state index is 14.0. The summed E-state index contributed by atoms with van der Waals surface area (Å²) in [6.45, 7) is 10.1. The standard InChI is InChI=1S/C36H52N2O5/c1-4-6-20-38(32(41)15-11-10-14-25-12-8-7-9-13-25)28-17-16-27-29-22-26-30(40)23-31(42-24(3)39)34-33(26)36(27,35(28)43-34)18-21-37(29)19-5-2/h5,23,25,27-29,35,40H,2,4,6-22H2,1,3H3/t27-,28-,29+,35-,36-/m0/s1. The molecule has 43 heavy (non-hydrogen) atoms. The van der Waals surface area contributed by atoms with Crippen molar-refractivity contribution in [2.75, 3.05) is 19.6 Å². The summed E-state index contributed by atoms with van der Waals surface area (Å²) in [5.74, 6) is 2.15. The van der Waals surface area contributed by atoms with Crippen LogP contribution in [0, 0.1) is 11.8 Å². The number of benzene rings is 1. The number of rotatable bonds is 12. The largest absolute Gasteiger partial charge is 0.508 e. The van der Waals surface area contributed by atoms with Crippen LogP contribution in [-0.2, 0) is 21.4 Å². The lowest BCUT2D eigenvalue weighted by molar-refractivity contribution is -0.142. The highest BCUT2D eigenvalue weighted by Crippen LogP contribution is 2.65. The van der Waals surface area contributed by atoms with Gasteiger partial charge in [-0.1, -0.05) is 64.4 Å². The summed E-state index contributed by atoms with van der Waals surface area (Å²) in [5.41, 5.74) is 1.67. The molecule has 1 aromatic carbocycles. The molecule has 1 saturated heterocycles. The van der Waals surface area contributed by atoms with E-state index < -0.39 is 5.97 Å². The average Bonchev–Trinajstić information content (AvgIpc) is 3.34. The normalized spacial score (nSPS) is 29.4. The molecule has 2 bridgehead atoms. The van der Waals surface area contributed by atoms with Gasteiger partial charge in [0.05, 0.1) is 6.04 Å². The molecular formula is C36H52N2O5. The first-order valence-corrected chi connectivity index (χ1v) is 17.3. The van der Waals surface area contributed by atoms with E-state index in [1.54, 1.807) is 6.07 Å². The number of aromatic hydroxyl groups is 1. The summed E-state index contributed by atoms with van der Waals surface area (Å²) in [6, 6.07) is 1.81. The Morgan fingerprint density at radius 3 is 2.74 bits per heavy atom. The first kappa shape index (κ1) is 30.5. The van der Waals surface area contributed by atoms with E-state index in [-0.39, 0.29) is 35.3 Å². The topological polar surface area (TPSA) is 79.3 Å². The fourth-order valence-corrected chi connectivity index (χ4v) is 9.73. The lowest BCUT2D eigenvalue weighted by Gasteiger charge is -2.60. The Morgan fingerprint density at radius 1 is 1.19 bits per heavy atom. The number of ether oxygens (including phenoxy) is 2. The zero-order valence-corrected chi connectivity index (χ0v) is 26.5. The van der Waals surface area contributed by atoms with Gasteiger partial charge in [-0.25, -0.2) is 0 Å². The summed E-state index contributed by atoms with van der Waals surface area (Å²) in [7, 11) is 0. The highest BCUT2D eigenvalue weighted by molar-refractivity contribution is 5.77. The zero-order valence-electron chi connectivity index (χ0n) is 26.5. The van der Waals surface area contributed by atoms with Crippen LogP contribution in [-0.4, -0.2) is 64.6 Å². The quantitative estimate of drug-likeness (QED) is 0.126. The van der Waals surface area contributed by atoms with Crippen molar-refractivity contribution in [3.8, 4) is 17.2 Å². The molecule has 6 rings (SSSR count). The van der Waals surface area contributed by atoms with Gasteiger partial charge in [-0.3, -0.25) is 14.5 Å². The van der Waals surface area contributed by atoms with Crippen LogP contribution < -0.4 is 9.47 Å². The van der Waals surface area contributed by atoms with Crippen LogP contribution in [0.1, 0.15) is 115 Å². The zero-order chi connectivity index (χ0) is 30.1. The number of esters is 1. The lowest BCUT2D eigenvalue weighted by Crippen LogP contribution is -2.69. The lowest BCUT2D eigenvalue weighted by atomic mass is 9.50. The molecule has 1 aromatic rings. The average molecular weight is 593 g/mol. The molecule has 1 N–H and O–H groups in total. The number of carbonyl (C=O) groups is 2. The molecule has 2 aliphatic heterocycles. The third kappa shape index (κ3) is 5.49. The van der Waals surface area contributed by atoms with Crippen molar-refractivity contribution in [1.29, 1.82) is 0 Å². The fourth-order valence-electron chi connectivity index (χ4n) is 9.73. The van der Waals surface area contributed by atoms with Gasteiger partial charge in [-0.15, -0.1) is 6.58 Å². The minimum absolute atomic E-state index is 0.0362. The van der Waals surface area contributed by atoms with Gasteiger partial charge in [0, 0.05) is 55.1 Å². The van der Waals surface area contributed by atoms with Crippen molar-refractivity contribution in [2.45, 2.75) is 134 Å². The van der Waals surface area contributed by atoms with Crippen molar-refractivity contribution in [1.82, 2.24) is 9.80 Å². The Hall–Kier alpha value is -2.54. The van der Waals surface area contributed by atoms with E-state index in [0.717, 1.165) is 88.0 Å². The van der Waals surface area contributed by atoms with Crippen LogP contribution in [0.5, 0.6) is 17.2 Å². The number of phenols is 1. The predicted octanol–water partition coefficient (Wildman–Crippen LogP) is 6.68. The summed E-state index contributed by atoms with van der Waals surface area (Å²) in [4.78, 5) is 30.8. The van der Waals surface area contributed by atoms with Crippen LogP contribution in [0.2, 0.25) is 0 Å². The maximum absolute atomic E-state index is 14.0. The molecule has 3 aliphatic carbocycles. The maximum Gasteiger partial charge on any atom is 0.308 e. The third-order valence-electron chi connectivity index (χ3n) is 11.6. The SMILES string of the molecule is C=CCN1CC[C@]23c4c5c(O)cc(OC(C)=O)c4O[C@H]2[C@@H](N(CCCC)C(=O)CCCCC2CCCCC2)CC[C@H]3[C@H]1C5. The van der Waals surface area contributed by atoms with Crippen molar-refractivity contribution < 1.29 is 24.2 Å². The van der Waals surface area contributed by atoms with Gasteiger partial charge in [0.2, 0.25) is 5.91 Å². The van der Waals surface area contributed by atoms with Crippen LogP contribution in [0.15, 0.2) is 18.7 Å². The second kappa shape index (κ2) is 12.8. The van der Waals surface area contributed by atoms with E-state index in [2.05, 4.69) is 23.3 Å². The molecular weight excluding hydrogens is 540 g/mol. The molecule has 5 aliphatic rings. The van der Waals surface area contributed by atoms with E-state index in [4.69, 9.17) is 9.47 Å². The van der Waals surface area contributed by atoms with Gasteiger partial charge in [0.25, 0.3) is 0 Å². The van der Waals surface area contributed by atoms with Crippen LogP contribution in [0.25, 0.3) is 0 Å². The molecule has 5 atom stereocenters.